The Hall–Kier alpha value is -1.63. The second-order valence-electron chi connectivity index (χ2n) is 4.24. The summed E-state index contributed by atoms with van der Waals surface area (Å²) in [6.07, 6.45) is 0.178. The number of carboxylic acid groups (broad SMARTS) is 1. The molecule has 1 rings (SSSR count). The van der Waals surface area contributed by atoms with Gasteiger partial charge < -0.3 is 20.5 Å². The summed E-state index contributed by atoms with van der Waals surface area (Å²) in [5.74, 6) is -1.44. The topological polar surface area (TPSA) is 105 Å². The molecule has 1 heterocycles. The molecule has 2 atom stereocenters. The number of rotatable bonds is 6. The van der Waals surface area contributed by atoms with Crippen LogP contribution < -0.4 is 10.6 Å². The monoisotopic (exact) mass is 258 g/mol. The van der Waals surface area contributed by atoms with E-state index >= 15 is 0 Å². The number of nitrogens with one attached hydrogen (secondary N) is 2. The molecule has 7 nitrogen and oxygen atoms in total. The van der Waals surface area contributed by atoms with Crippen LogP contribution in [-0.2, 0) is 19.1 Å². The molecule has 0 aromatic carbocycles. The van der Waals surface area contributed by atoms with Gasteiger partial charge in [-0.05, 0) is 6.42 Å². The first-order chi connectivity index (χ1) is 8.52. The summed E-state index contributed by atoms with van der Waals surface area (Å²) in [6.45, 7) is 0.493. The Morgan fingerprint density at radius 2 is 2.33 bits per heavy atom. The summed E-state index contributed by atoms with van der Waals surface area (Å²) >= 11 is 0. The van der Waals surface area contributed by atoms with E-state index in [1.807, 2.05) is 0 Å². The molecular weight excluding hydrogens is 240 g/mol. The molecule has 1 aliphatic heterocycles. The number of carbonyl (C=O) groups is 3. The fraction of sp³-hybridized carbons (Fsp3) is 0.727. The van der Waals surface area contributed by atoms with Gasteiger partial charge in [0.05, 0.1) is 18.4 Å². The molecule has 0 spiro atoms. The SMILES string of the molecule is COC(CNC(=O)C1CCC(=O)NC1)CC(=O)O. The third kappa shape index (κ3) is 4.70. The zero-order chi connectivity index (χ0) is 13.5. The van der Waals surface area contributed by atoms with Crippen LogP contribution in [0.1, 0.15) is 19.3 Å². The average Bonchev–Trinajstić information content (AvgIpc) is 2.34. The molecule has 0 bridgehead atoms. The van der Waals surface area contributed by atoms with Gasteiger partial charge >= 0.3 is 5.97 Å². The summed E-state index contributed by atoms with van der Waals surface area (Å²) in [4.78, 5) is 33.2. The zero-order valence-corrected chi connectivity index (χ0v) is 10.3. The van der Waals surface area contributed by atoms with Gasteiger partial charge in [-0.1, -0.05) is 0 Å². The summed E-state index contributed by atoms with van der Waals surface area (Å²) in [5, 5.41) is 13.9. The Morgan fingerprint density at radius 1 is 1.61 bits per heavy atom. The van der Waals surface area contributed by atoms with Gasteiger partial charge in [0, 0.05) is 26.6 Å². The summed E-state index contributed by atoms with van der Waals surface area (Å²) < 4.78 is 4.95. The number of hydrogen-bond donors (Lipinski definition) is 3. The molecular formula is C11H18N2O5. The van der Waals surface area contributed by atoms with Gasteiger partial charge in [0.1, 0.15) is 0 Å². The van der Waals surface area contributed by atoms with Crippen molar-refractivity contribution in [2.45, 2.75) is 25.4 Å². The maximum absolute atomic E-state index is 11.7. The highest BCUT2D eigenvalue weighted by atomic mass is 16.5. The van der Waals surface area contributed by atoms with Crippen LogP contribution in [0.2, 0.25) is 0 Å². The van der Waals surface area contributed by atoms with Crippen LogP contribution in [0.4, 0.5) is 0 Å². The zero-order valence-electron chi connectivity index (χ0n) is 10.3. The van der Waals surface area contributed by atoms with Crippen LogP contribution in [0.25, 0.3) is 0 Å². The predicted molar refractivity (Wildman–Crippen MR) is 61.8 cm³/mol. The average molecular weight is 258 g/mol. The molecule has 0 aromatic rings. The van der Waals surface area contributed by atoms with Crippen molar-refractivity contribution in [2.75, 3.05) is 20.2 Å². The number of hydrogen-bond acceptors (Lipinski definition) is 4. The third-order valence-electron chi connectivity index (χ3n) is 2.88. The normalized spacial score (nSPS) is 20.9. The Kier molecular flexibility index (Phi) is 5.57. The Labute approximate surface area is 105 Å². The van der Waals surface area contributed by atoms with E-state index in [0.29, 0.717) is 19.4 Å². The molecule has 2 amide bonds. The van der Waals surface area contributed by atoms with Crippen molar-refractivity contribution in [2.24, 2.45) is 5.92 Å². The van der Waals surface area contributed by atoms with Crippen LogP contribution in [0, 0.1) is 5.92 Å². The number of amides is 2. The third-order valence-corrected chi connectivity index (χ3v) is 2.88. The smallest absolute Gasteiger partial charge is 0.306 e. The van der Waals surface area contributed by atoms with E-state index in [9.17, 15) is 14.4 Å². The molecule has 0 saturated carbocycles. The lowest BCUT2D eigenvalue weighted by molar-refractivity contribution is -0.140. The molecule has 7 heteroatoms. The number of piperidine rings is 1. The van der Waals surface area contributed by atoms with Gasteiger partial charge in [0.25, 0.3) is 0 Å². The predicted octanol–water partition coefficient (Wildman–Crippen LogP) is -0.881. The van der Waals surface area contributed by atoms with Gasteiger partial charge in [0.15, 0.2) is 0 Å². The van der Waals surface area contributed by atoms with Gasteiger partial charge in [0.2, 0.25) is 11.8 Å². The number of methoxy groups -OCH3 is 1. The van der Waals surface area contributed by atoms with Gasteiger partial charge in [-0.25, -0.2) is 0 Å². The van der Waals surface area contributed by atoms with Crippen molar-refractivity contribution >= 4 is 17.8 Å². The number of carbonyl (C=O) groups excluding carboxylic acids is 2. The summed E-state index contributed by atoms with van der Waals surface area (Å²) in [7, 11) is 1.40. The van der Waals surface area contributed by atoms with E-state index in [-0.39, 0.29) is 30.7 Å². The lowest BCUT2D eigenvalue weighted by atomic mass is 9.98. The maximum atomic E-state index is 11.7. The van der Waals surface area contributed by atoms with Gasteiger partial charge in [-0.15, -0.1) is 0 Å². The van der Waals surface area contributed by atoms with E-state index in [2.05, 4.69) is 10.6 Å². The fourth-order valence-corrected chi connectivity index (χ4v) is 1.75. The molecule has 0 radical (unpaired) electrons. The molecule has 1 saturated heterocycles. The van der Waals surface area contributed by atoms with Crippen LogP contribution in [0.3, 0.4) is 0 Å². The Balaban J connectivity index is 2.31. The minimum Gasteiger partial charge on any atom is -0.481 e. The molecule has 18 heavy (non-hydrogen) atoms. The molecule has 0 aliphatic carbocycles. The van der Waals surface area contributed by atoms with E-state index < -0.39 is 12.1 Å². The van der Waals surface area contributed by atoms with Crippen molar-refractivity contribution in [1.82, 2.24) is 10.6 Å². The largest absolute Gasteiger partial charge is 0.481 e. The van der Waals surface area contributed by atoms with Crippen LogP contribution in [-0.4, -0.2) is 49.2 Å². The second-order valence-corrected chi connectivity index (χ2v) is 4.24. The van der Waals surface area contributed by atoms with Gasteiger partial charge in [-0.2, -0.15) is 0 Å². The van der Waals surface area contributed by atoms with Crippen LogP contribution in [0.5, 0.6) is 0 Å². The van der Waals surface area contributed by atoms with E-state index in [1.165, 1.54) is 7.11 Å². The van der Waals surface area contributed by atoms with E-state index in [4.69, 9.17) is 9.84 Å². The minimum absolute atomic E-state index is 0.0419. The first kappa shape index (κ1) is 14.4. The molecule has 1 aliphatic rings. The number of carboxylic acids is 1. The first-order valence-electron chi connectivity index (χ1n) is 5.82. The highest BCUT2D eigenvalue weighted by molar-refractivity contribution is 5.83. The fourth-order valence-electron chi connectivity index (χ4n) is 1.75. The highest BCUT2D eigenvalue weighted by Gasteiger charge is 2.25. The van der Waals surface area contributed by atoms with Crippen LogP contribution in [0.15, 0.2) is 0 Å². The van der Waals surface area contributed by atoms with Gasteiger partial charge in [-0.3, -0.25) is 14.4 Å². The minimum atomic E-state index is -0.971. The number of ether oxygens (including phenoxy) is 1. The second kappa shape index (κ2) is 6.95. The standard InChI is InChI=1S/C11H18N2O5/c1-18-8(4-10(15)16)6-13-11(17)7-2-3-9(14)12-5-7/h7-8H,2-6H2,1H3,(H,12,14)(H,13,17)(H,15,16). The van der Waals surface area contributed by atoms with Crippen molar-refractivity contribution in [3.63, 3.8) is 0 Å². The molecule has 0 aromatic heterocycles. The van der Waals surface area contributed by atoms with E-state index in [0.717, 1.165) is 0 Å². The maximum Gasteiger partial charge on any atom is 0.306 e. The quantitative estimate of drug-likeness (QED) is 0.573. The highest BCUT2D eigenvalue weighted by Crippen LogP contribution is 2.10. The van der Waals surface area contributed by atoms with Crippen LogP contribution >= 0.6 is 0 Å². The Bertz CT molecular complexity index is 321. The molecule has 2 unspecified atom stereocenters. The van der Waals surface area contributed by atoms with Crippen molar-refractivity contribution in [3.8, 4) is 0 Å². The Morgan fingerprint density at radius 3 is 2.83 bits per heavy atom. The first-order valence-corrected chi connectivity index (χ1v) is 5.82. The lowest BCUT2D eigenvalue weighted by Crippen LogP contribution is -2.45. The summed E-state index contributed by atoms with van der Waals surface area (Å²) in [6, 6.07) is 0. The molecule has 102 valence electrons. The lowest BCUT2D eigenvalue weighted by Gasteiger charge is -2.22. The molecule has 3 N–H and O–H groups in total. The number of aliphatic carboxylic acids is 1. The van der Waals surface area contributed by atoms with Crippen molar-refractivity contribution in [1.29, 1.82) is 0 Å². The van der Waals surface area contributed by atoms with E-state index in [1.54, 1.807) is 0 Å². The van der Waals surface area contributed by atoms with Crippen molar-refractivity contribution < 1.29 is 24.2 Å². The molecule has 1 fully saturated rings. The van der Waals surface area contributed by atoms with Crippen molar-refractivity contribution in [3.05, 3.63) is 0 Å². The summed E-state index contributed by atoms with van der Waals surface area (Å²) in [5.41, 5.74) is 0.